The van der Waals surface area contributed by atoms with Gasteiger partial charge in [0.15, 0.2) is 0 Å². The van der Waals surface area contributed by atoms with Gasteiger partial charge >= 0.3 is 5.97 Å². The Morgan fingerprint density at radius 3 is 2.58 bits per heavy atom. The minimum absolute atomic E-state index is 0.285. The van der Waals surface area contributed by atoms with Crippen LogP contribution in [0.2, 0.25) is 0 Å². The Morgan fingerprint density at radius 1 is 1.58 bits per heavy atom. The molecule has 0 aromatic carbocycles. The highest BCUT2D eigenvalue weighted by Crippen LogP contribution is 2.24. The highest BCUT2D eigenvalue weighted by atomic mass is 16.7. The molecule has 1 rings (SSSR count). The van der Waals surface area contributed by atoms with E-state index in [1.54, 1.807) is 7.11 Å². The SMILES string of the molecule is COC1(OC(C)=O)CCN(C)C1. The maximum absolute atomic E-state index is 10.7. The van der Waals surface area contributed by atoms with Crippen LogP contribution in [0.4, 0.5) is 0 Å². The number of ether oxygens (including phenoxy) is 2. The van der Waals surface area contributed by atoms with E-state index in [-0.39, 0.29) is 5.97 Å². The van der Waals surface area contributed by atoms with Crippen LogP contribution in [-0.4, -0.2) is 43.9 Å². The number of carbonyl (C=O) groups excluding carboxylic acids is 1. The molecule has 1 aliphatic heterocycles. The number of methoxy groups -OCH3 is 1. The van der Waals surface area contributed by atoms with Gasteiger partial charge in [0.2, 0.25) is 5.79 Å². The van der Waals surface area contributed by atoms with Crippen LogP contribution in [0.15, 0.2) is 0 Å². The van der Waals surface area contributed by atoms with Gasteiger partial charge in [-0.05, 0) is 7.05 Å². The summed E-state index contributed by atoms with van der Waals surface area (Å²) in [6.45, 7) is 2.96. The molecule has 0 radical (unpaired) electrons. The quantitative estimate of drug-likeness (QED) is 0.442. The monoisotopic (exact) mass is 173 g/mol. The Labute approximate surface area is 72.4 Å². The third-order valence-corrected chi connectivity index (χ3v) is 2.09. The standard InChI is InChI=1S/C8H15NO3/c1-7(10)12-8(11-3)4-5-9(2)6-8/h4-6H2,1-3H3. The van der Waals surface area contributed by atoms with E-state index in [9.17, 15) is 4.79 Å². The van der Waals surface area contributed by atoms with Crippen molar-refractivity contribution in [2.24, 2.45) is 0 Å². The van der Waals surface area contributed by atoms with Crippen molar-refractivity contribution in [3.8, 4) is 0 Å². The first-order chi connectivity index (χ1) is 5.58. The molecular formula is C8H15NO3. The summed E-state index contributed by atoms with van der Waals surface area (Å²) in [5.41, 5.74) is 0. The first kappa shape index (κ1) is 9.48. The third kappa shape index (κ3) is 1.95. The third-order valence-electron chi connectivity index (χ3n) is 2.09. The molecule has 0 saturated carbocycles. The molecule has 1 atom stereocenters. The number of likely N-dealkylation sites (tertiary alicyclic amines) is 1. The fourth-order valence-corrected chi connectivity index (χ4v) is 1.48. The van der Waals surface area contributed by atoms with Gasteiger partial charge < -0.3 is 9.47 Å². The van der Waals surface area contributed by atoms with E-state index in [0.717, 1.165) is 13.0 Å². The van der Waals surface area contributed by atoms with Gasteiger partial charge in [0.05, 0.1) is 6.54 Å². The van der Waals surface area contributed by atoms with Crippen LogP contribution in [0, 0.1) is 0 Å². The zero-order valence-corrected chi connectivity index (χ0v) is 7.79. The summed E-state index contributed by atoms with van der Waals surface area (Å²) in [4.78, 5) is 12.8. The number of nitrogens with zero attached hydrogens (tertiary/aromatic N) is 1. The molecule has 1 saturated heterocycles. The van der Waals surface area contributed by atoms with E-state index in [4.69, 9.17) is 9.47 Å². The summed E-state index contributed by atoms with van der Waals surface area (Å²) in [7, 11) is 3.55. The van der Waals surface area contributed by atoms with Gasteiger partial charge in [0.1, 0.15) is 0 Å². The summed E-state index contributed by atoms with van der Waals surface area (Å²) in [5, 5.41) is 0. The number of carbonyl (C=O) groups is 1. The Hall–Kier alpha value is -0.610. The van der Waals surface area contributed by atoms with Crippen LogP contribution in [0.5, 0.6) is 0 Å². The van der Waals surface area contributed by atoms with Crippen molar-refractivity contribution >= 4 is 5.97 Å². The molecule has 0 spiro atoms. The molecule has 4 nitrogen and oxygen atoms in total. The lowest BCUT2D eigenvalue weighted by atomic mass is 10.2. The second kappa shape index (κ2) is 3.41. The lowest BCUT2D eigenvalue weighted by Crippen LogP contribution is -2.38. The Bertz CT molecular complexity index is 183. The summed E-state index contributed by atoms with van der Waals surface area (Å²) >= 11 is 0. The molecule has 0 bridgehead atoms. The summed E-state index contributed by atoms with van der Waals surface area (Å²) in [6, 6.07) is 0. The van der Waals surface area contributed by atoms with Crippen molar-refractivity contribution in [1.29, 1.82) is 0 Å². The smallest absolute Gasteiger partial charge is 0.305 e. The lowest BCUT2D eigenvalue weighted by Gasteiger charge is -2.26. The van der Waals surface area contributed by atoms with Crippen molar-refractivity contribution < 1.29 is 14.3 Å². The average molecular weight is 173 g/mol. The topological polar surface area (TPSA) is 38.8 Å². The second-order valence-electron chi connectivity index (χ2n) is 3.20. The molecule has 1 fully saturated rings. The van der Waals surface area contributed by atoms with E-state index in [0.29, 0.717) is 6.54 Å². The second-order valence-corrected chi connectivity index (χ2v) is 3.20. The van der Waals surface area contributed by atoms with E-state index in [1.807, 2.05) is 7.05 Å². The lowest BCUT2D eigenvalue weighted by molar-refractivity contribution is -0.212. The van der Waals surface area contributed by atoms with Crippen molar-refractivity contribution in [3.63, 3.8) is 0 Å². The van der Waals surface area contributed by atoms with E-state index < -0.39 is 5.79 Å². The molecule has 0 aromatic rings. The van der Waals surface area contributed by atoms with E-state index >= 15 is 0 Å². The van der Waals surface area contributed by atoms with Crippen LogP contribution < -0.4 is 0 Å². The molecule has 1 aliphatic rings. The van der Waals surface area contributed by atoms with Crippen molar-refractivity contribution in [1.82, 2.24) is 4.90 Å². The molecule has 70 valence electrons. The molecule has 0 N–H and O–H groups in total. The highest BCUT2D eigenvalue weighted by molar-refractivity contribution is 5.66. The molecule has 0 aromatic heterocycles. The van der Waals surface area contributed by atoms with Gasteiger partial charge in [-0.15, -0.1) is 0 Å². The van der Waals surface area contributed by atoms with Gasteiger partial charge in [-0.1, -0.05) is 0 Å². The Morgan fingerprint density at radius 2 is 2.25 bits per heavy atom. The van der Waals surface area contributed by atoms with Crippen LogP contribution in [0.1, 0.15) is 13.3 Å². The Balaban J connectivity index is 2.58. The van der Waals surface area contributed by atoms with Crippen LogP contribution in [-0.2, 0) is 14.3 Å². The number of rotatable bonds is 2. The summed E-state index contributed by atoms with van der Waals surface area (Å²) < 4.78 is 10.3. The van der Waals surface area contributed by atoms with Crippen LogP contribution in [0.3, 0.4) is 0 Å². The molecular weight excluding hydrogens is 158 g/mol. The van der Waals surface area contributed by atoms with Gasteiger partial charge in [-0.3, -0.25) is 9.69 Å². The molecule has 12 heavy (non-hydrogen) atoms. The molecule has 0 amide bonds. The van der Waals surface area contributed by atoms with Crippen molar-refractivity contribution in [2.75, 3.05) is 27.2 Å². The van der Waals surface area contributed by atoms with Gasteiger partial charge in [-0.2, -0.15) is 0 Å². The summed E-state index contributed by atoms with van der Waals surface area (Å²) in [5.74, 6) is -0.979. The number of hydrogen-bond acceptors (Lipinski definition) is 4. The van der Waals surface area contributed by atoms with Crippen LogP contribution >= 0.6 is 0 Å². The van der Waals surface area contributed by atoms with Crippen molar-refractivity contribution in [2.45, 2.75) is 19.1 Å². The van der Waals surface area contributed by atoms with Crippen LogP contribution in [0.25, 0.3) is 0 Å². The summed E-state index contributed by atoms with van der Waals surface area (Å²) in [6.07, 6.45) is 0.750. The molecule has 1 heterocycles. The zero-order valence-electron chi connectivity index (χ0n) is 7.79. The number of hydrogen-bond donors (Lipinski definition) is 0. The predicted octanol–water partition coefficient (Wildman–Crippen LogP) is 0.228. The zero-order chi connectivity index (χ0) is 9.19. The highest BCUT2D eigenvalue weighted by Gasteiger charge is 2.39. The average Bonchev–Trinajstić information content (AvgIpc) is 2.32. The number of esters is 1. The molecule has 4 heteroatoms. The molecule has 1 unspecified atom stereocenters. The number of likely N-dealkylation sites (N-methyl/N-ethyl adjacent to an activating group) is 1. The maximum atomic E-state index is 10.7. The van der Waals surface area contributed by atoms with Gasteiger partial charge in [-0.25, -0.2) is 0 Å². The van der Waals surface area contributed by atoms with Gasteiger partial charge in [0, 0.05) is 27.0 Å². The fourth-order valence-electron chi connectivity index (χ4n) is 1.48. The normalized spacial score (nSPS) is 30.6. The fraction of sp³-hybridized carbons (Fsp3) is 0.875. The van der Waals surface area contributed by atoms with Gasteiger partial charge in [0.25, 0.3) is 0 Å². The minimum atomic E-state index is -0.694. The first-order valence-electron chi connectivity index (χ1n) is 4.01. The van der Waals surface area contributed by atoms with Crippen molar-refractivity contribution in [3.05, 3.63) is 0 Å². The minimum Gasteiger partial charge on any atom is -0.432 e. The van der Waals surface area contributed by atoms with E-state index in [1.165, 1.54) is 6.92 Å². The molecule has 0 aliphatic carbocycles. The first-order valence-corrected chi connectivity index (χ1v) is 4.01. The van der Waals surface area contributed by atoms with E-state index in [2.05, 4.69) is 4.90 Å². The maximum Gasteiger partial charge on any atom is 0.305 e. The predicted molar refractivity (Wildman–Crippen MR) is 43.6 cm³/mol. The Kier molecular flexibility index (Phi) is 2.69. The largest absolute Gasteiger partial charge is 0.432 e.